The first kappa shape index (κ1) is 19.8. The van der Waals surface area contributed by atoms with Crippen LogP contribution < -0.4 is 15.4 Å². The van der Waals surface area contributed by atoms with Gasteiger partial charge < -0.3 is 15.4 Å². The molecule has 3 rings (SSSR count). The zero-order valence-electron chi connectivity index (χ0n) is 13.2. The minimum atomic E-state index is 0. The summed E-state index contributed by atoms with van der Waals surface area (Å²) in [5.74, 6) is 0.951. The summed E-state index contributed by atoms with van der Waals surface area (Å²) in [6.45, 7) is 1.89. The fourth-order valence-corrected chi connectivity index (χ4v) is 3.02. The smallest absolute Gasteiger partial charge is 0.123 e. The van der Waals surface area contributed by atoms with Crippen LogP contribution >= 0.6 is 24.8 Å². The predicted octanol–water partition coefficient (Wildman–Crippen LogP) is 3.73. The van der Waals surface area contributed by atoms with Crippen LogP contribution in [0.5, 0.6) is 5.75 Å². The molecule has 1 aliphatic rings. The van der Waals surface area contributed by atoms with E-state index in [9.17, 15) is 0 Å². The van der Waals surface area contributed by atoms with Gasteiger partial charge in [-0.15, -0.1) is 24.8 Å². The van der Waals surface area contributed by atoms with Crippen LogP contribution in [0.1, 0.15) is 23.6 Å². The lowest BCUT2D eigenvalue weighted by Crippen LogP contribution is -2.34. The Bertz CT molecular complexity index is 580. The number of para-hydroxylation sites is 1. The largest absolute Gasteiger partial charge is 0.496 e. The molecule has 0 unspecified atom stereocenters. The minimum absolute atomic E-state index is 0. The predicted molar refractivity (Wildman–Crippen MR) is 99.9 cm³/mol. The highest BCUT2D eigenvalue weighted by atomic mass is 35.5. The van der Waals surface area contributed by atoms with Gasteiger partial charge in [0.05, 0.1) is 7.11 Å². The van der Waals surface area contributed by atoms with Gasteiger partial charge in [0, 0.05) is 24.2 Å². The zero-order valence-corrected chi connectivity index (χ0v) is 14.8. The SMILES string of the molecule is COc1ccccc1CN[C@H]1CCN[C@H]1c1ccccc1.Cl.Cl. The van der Waals surface area contributed by atoms with E-state index in [1.54, 1.807) is 7.11 Å². The summed E-state index contributed by atoms with van der Waals surface area (Å²) in [6.07, 6.45) is 1.15. The maximum atomic E-state index is 5.42. The van der Waals surface area contributed by atoms with Gasteiger partial charge in [0.2, 0.25) is 0 Å². The topological polar surface area (TPSA) is 33.3 Å². The second-order valence-corrected chi connectivity index (χ2v) is 5.43. The molecule has 2 N–H and O–H groups in total. The molecule has 2 atom stereocenters. The van der Waals surface area contributed by atoms with E-state index in [4.69, 9.17) is 4.74 Å². The van der Waals surface area contributed by atoms with Crippen molar-refractivity contribution in [1.82, 2.24) is 10.6 Å². The molecular formula is C18H24Cl2N2O. The van der Waals surface area contributed by atoms with Crippen LogP contribution in [-0.2, 0) is 6.54 Å². The Morgan fingerprint density at radius 1 is 1.04 bits per heavy atom. The molecule has 0 bridgehead atoms. The van der Waals surface area contributed by atoms with Gasteiger partial charge in [0.15, 0.2) is 0 Å². The van der Waals surface area contributed by atoms with E-state index >= 15 is 0 Å². The third kappa shape index (κ3) is 4.85. The molecule has 0 aliphatic carbocycles. The second kappa shape index (κ2) is 9.78. The lowest BCUT2D eigenvalue weighted by molar-refractivity contribution is 0.401. The minimum Gasteiger partial charge on any atom is -0.496 e. The number of hydrogen-bond acceptors (Lipinski definition) is 3. The van der Waals surface area contributed by atoms with Crippen molar-refractivity contribution in [3.63, 3.8) is 0 Å². The van der Waals surface area contributed by atoms with Crippen LogP contribution in [0.4, 0.5) is 0 Å². The van der Waals surface area contributed by atoms with Crippen molar-refractivity contribution in [3.05, 3.63) is 65.7 Å². The van der Waals surface area contributed by atoms with E-state index in [0.29, 0.717) is 12.1 Å². The second-order valence-electron chi connectivity index (χ2n) is 5.43. The van der Waals surface area contributed by atoms with Gasteiger partial charge >= 0.3 is 0 Å². The molecule has 1 saturated heterocycles. The Hall–Kier alpha value is -1.26. The molecule has 23 heavy (non-hydrogen) atoms. The molecular weight excluding hydrogens is 331 g/mol. The molecule has 1 aliphatic heterocycles. The van der Waals surface area contributed by atoms with Crippen molar-refractivity contribution >= 4 is 24.8 Å². The third-order valence-electron chi connectivity index (χ3n) is 4.13. The number of hydrogen-bond donors (Lipinski definition) is 2. The van der Waals surface area contributed by atoms with E-state index in [-0.39, 0.29) is 24.8 Å². The Kier molecular flexibility index (Phi) is 8.42. The van der Waals surface area contributed by atoms with Gasteiger partial charge in [0.1, 0.15) is 5.75 Å². The maximum absolute atomic E-state index is 5.42. The molecule has 2 aromatic carbocycles. The van der Waals surface area contributed by atoms with Gasteiger partial charge in [-0.3, -0.25) is 0 Å². The number of benzene rings is 2. The van der Waals surface area contributed by atoms with E-state index in [0.717, 1.165) is 25.3 Å². The number of nitrogens with one attached hydrogen (secondary N) is 2. The Balaban J connectivity index is 0.00000132. The molecule has 0 spiro atoms. The van der Waals surface area contributed by atoms with Crippen LogP contribution in [0.2, 0.25) is 0 Å². The van der Waals surface area contributed by atoms with Crippen LogP contribution in [-0.4, -0.2) is 19.7 Å². The molecule has 126 valence electrons. The van der Waals surface area contributed by atoms with E-state index < -0.39 is 0 Å². The first-order valence-electron chi connectivity index (χ1n) is 7.52. The van der Waals surface area contributed by atoms with Crippen molar-refractivity contribution in [3.8, 4) is 5.75 Å². The summed E-state index contributed by atoms with van der Waals surface area (Å²) in [4.78, 5) is 0. The fourth-order valence-electron chi connectivity index (χ4n) is 3.02. The summed E-state index contributed by atoms with van der Waals surface area (Å²) < 4.78 is 5.42. The lowest BCUT2D eigenvalue weighted by atomic mass is 10.0. The normalized spacial score (nSPS) is 19.5. The molecule has 1 fully saturated rings. The molecule has 0 saturated carbocycles. The molecule has 3 nitrogen and oxygen atoms in total. The summed E-state index contributed by atoms with van der Waals surface area (Å²) in [6, 6.07) is 19.7. The molecule has 1 heterocycles. The summed E-state index contributed by atoms with van der Waals surface area (Å²) in [5.41, 5.74) is 2.56. The highest BCUT2D eigenvalue weighted by Crippen LogP contribution is 2.25. The number of ether oxygens (including phenoxy) is 1. The van der Waals surface area contributed by atoms with Crippen molar-refractivity contribution in [2.75, 3.05) is 13.7 Å². The zero-order chi connectivity index (χ0) is 14.5. The maximum Gasteiger partial charge on any atom is 0.123 e. The van der Waals surface area contributed by atoms with Crippen LogP contribution in [0.25, 0.3) is 0 Å². The summed E-state index contributed by atoms with van der Waals surface area (Å²) in [5, 5.41) is 7.27. The van der Waals surface area contributed by atoms with Gasteiger partial charge in [0.25, 0.3) is 0 Å². The average Bonchev–Trinajstić information content (AvgIpc) is 3.02. The molecule has 0 radical (unpaired) electrons. The van der Waals surface area contributed by atoms with Crippen molar-refractivity contribution < 1.29 is 4.74 Å². The molecule has 0 aromatic heterocycles. The number of rotatable bonds is 5. The van der Waals surface area contributed by atoms with Crippen molar-refractivity contribution in [2.24, 2.45) is 0 Å². The van der Waals surface area contributed by atoms with Crippen molar-refractivity contribution in [1.29, 1.82) is 0 Å². The van der Waals surface area contributed by atoms with Crippen LogP contribution in [0, 0.1) is 0 Å². The molecule has 5 heteroatoms. The van der Waals surface area contributed by atoms with Gasteiger partial charge in [-0.05, 0) is 24.6 Å². The van der Waals surface area contributed by atoms with Gasteiger partial charge in [-0.1, -0.05) is 48.5 Å². The Morgan fingerprint density at radius 2 is 1.74 bits per heavy atom. The first-order valence-corrected chi connectivity index (χ1v) is 7.52. The van der Waals surface area contributed by atoms with Crippen molar-refractivity contribution in [2.45, 2.75) is 25.0 Å². The number of methoxy groups -OCH3 is 1. The highest BCUT2D eigenvalue weighted by Gasteiger charge is 2.27. The molecule has 0 amide bonds. The van der Waals surface area contributed by atoms with E-state index in [2.05, 4.69) is 53.1 Å². The fraction of sp³-hybridized carbons (Fsp3) is 0.333. The van der Waals surface area contributed by atoms with E-state index in [1.807, 2.05) is 12.1 Å². The van der Waals surface area contributed by atoms with Gasteiger partial charge in [-0.2, -0.15) is 0 Å². The van der Waals surface area contributed by atoms with Crippen LogP contribution in [0.15, 0.2) is 54.6 Å². The van der Waals surface area contributed by atoms with Gasteiger partial charge in [-0.25, -0.2) is 0 Å². The third-order valence-corrected chi connectivity index (χ3v) is 4.13. The average molecular weight is 355 g/mol. The number of halogens is 2. The quantitative estimate of drug-likeness (QED) is 0.858. The summed E-state index contributed by atoms with van der Waals surface area (Å²) in [7, 11) is 1.72. The highest BCUT2D eigenvalue weighted by molar-refractivity contribution is 5.85. The Morgan fingerprint density at radius 3 is 2.48 bits per heavy atom. The first-order chi connectivity index (χ1) is 10.4. The van der Waals surface area contributed by atoms with Crippen LogP contribution in [0.3, 0.4) is 0 Å². The Labute approximate surface area is 150 Å². The molecule has 2 aromatic rings. The standard InChI is InChI=1S/C18H22N2O.2ClH/c1-21-17-10-6-5-9-15(17)13-20-16-11-12-19-18(16)14-7-3-2-4-8-14;;/h2-10,16,18-20H,11-13H2,1H3;2*1H/t16-,18-;;/m0../s1. The van der Waals surface area contributed by atoms with E-state index in [1.165, 1.54) is 11.1 Å². The lowest BCUT2D eigenvalue weighted by Gasteiger charge is -2.22. The summed E-state index contributed by atoms with van der Waals surface area (Å²) >= 11 is 0. The monoisotopic (exact) mass is 354 g/mol.